The van der Waals surface area contributed by atoms with Crippen LogP contribution >= 0.6 is 0 Å². The maximum Gasteiger partial charge on any atom is 0.0897 e. The number of likely N-dealkylation sites (N-methyl/N-ethyl adjacent to an activating group) is 1. The van der Waals surface area contributed by atoms with Crippen molar-refractivity contribution in [3.8, 4) is 0 Å². The predicted molar refractivity (Wildman–Crippen MR) is 52.7 cm³/mol. The molecule has 1 saturated carbocycles. The van der Waals surface area contributed by atoms with E-state index in [9.17, 15) is 5.11 Å². The Labute approximate surface area is 80.5 Å². The first kappa shape index (κ1) is 11.0. The van der Waals surface area contributed by atoms with E-state index in [1.165, 1.54) is 19.3 Å². The molecule has 0 radical (unpaired) electrons. The van der Waals surface area contributed by atoms with E-state index in [-0.39, 0.29) is 6.10 Å². The lowest BCUT2D eigenvalue weighted by atomic mass is 10.3. The molecule has 1 aliphatic carbocycles. The molecule has 0 spiro atoms. The Hall–Kier alpha value is -0.120. The molecule has 1 unspecified atom stereocenters. The van der Waals surface area contributed by atoms with Gasteiger partial charge in [0.1, 0.15) is 0 Å². The standard InChI is InChI=1S/C10H21NO2/c1-2-11-7-10(12)8-13-6-5-9-3-4-9/h9-12H,2-8H2,1H3. The number of aliphatic hydroxyl groups excluding tert-OH is 1. The molecule has 0 saturated heterocycles. The van der Waals surface area contributed by atoms with Crippen molar-refractivity contribution in [3.05, 3.63) is 0 Å². The van der Waals surface area contributed by atoms with Crippen molar-refractivity contribution in [2.45, 2.75) is 32.3 Å². The second-order valence-electron chi connectivity index (χ2n) is 3.77. The zero-order valence-electron chi connectivity index (χ0n) is 8.46. The van der Waals surface area contributed by atoms with Crippen molar-refractivity contribution in [1.82, 2.24) is 5.32 Å². The minimum atomic E-state index is -0.348. The first-order valence-corrected chi connectivity index (χ1v) is 5.29. The maximum atomic E-state index is 9.37. The highest BCUT2D eigenvalue weighted by Gasteiger charge is 2.20. The first-order valence-electron chi connectivity index (χ1n) is 5.29. The van der Waals surface area contributed by atoms with Gasteiger partial charge in [-0.15, -0.1) is 0 Å². The summed E-state index contributed by atoms with van der Waals surface area (Å²) < 4.78 is 5.35. The fourth-order valence-electron chi connectivity index (χ4n) is 1.25. The Bertz CT molecular complexity index is 126. The number of aliphatic hydroxyl groups is 1. The summed E-state index contributed by atoms with van der Waals surface area (Å²) in [5.74, 6) is 0.922. The predicted octanol–water partition coefficient (Wildman–Crippen LogP) is 0.773. The number of ether oxygens (including phenoxy) is 1. The van der Waals surface area contributed by atoms with E-state index in [0.717, 1.165) is 19.1 Å². The van der Waals surface area contributed by atoms with Crippen LogP contribution in [0.4, 0.5) is 0 Å². The van der Waals surface area contributed by atoms with E-state index in [2.05, 4.69) is 5.32 Å². The molecule has 1 aliphatic rings. The summed E-state index contributed by atoms with van der Waals surface area (Å²) in [5, 5.41) is 12.5. The van der Waals surface area contributed by atoms with Crippen LogP contribution in [0, 0.1) is 5.92 Å². The van der Waals surface area contributed by atoms with Gasteiger partial charge in [-0.1, -0.05) is 19.8 Å². The van der Waals surface area contributed by atoms with E-state index >= 15 is 0 Å². The van der Waals surface area contributed by atoms with E-state index in [0.29, 0.717) is 13.2 Å². The van der Waals surface area contributed by atoms with Gasteiger partial charge in [0.2, 0.25) is 0 Å². The third-order valence-corrected chi connectivity index (χ3v) is 2.31. The van der Waals surface area contributed by atoms with Crippen LogP contribution in [0.25, 0.3) is 0 Å². The topological polar surface area (TPSA) is 41.5 Å². The van der Waals surface area contributed by atoms with Gasteiger partial charge in [0.15, 0.2) is 0 Å². The summed E-state index contributed by atoms with van der Waals surface area (Å²) in [4.78, 5) is 0. The van der Waals surface area contributed by atoms with Gasteiger partial charge in [-0.2, -0.15) is 0 Å². The van der Waals surface area contributed by atoms with Gasteiger partial charge in [-0.25, -0.2) is 0 Å². The van der Waals surface area contributed by atoms with Gasteiger partial charge in [0.05, 0.1) is 12.7 Å². The van der Waals surface area contributed by atoms with Crippen LogP contribution in [0.3, 0.4) is 0 Å². The SMILES string of the molecule is CCNCC(O)COCCC1CC1. The third kappa shape index (κ3) is 6.02. The highest BCUT2D eigenvalue weighted by Crippen LogP contribution is 2.31. The molecule has 3 heteroatoms. The smallest absolute Gasteiger partial charge is 0.0897 e. The van der Waals surface area contributed by atoms with Crippen molar-refractivity contribution in [3.63, 3.8) is 0 Å². The van der Waals surface area contributed by atoms with Gasteiger partial charge in [0, 0.05) is 13.2 Å². The van der Waals surface area contributed by atoms with Crippen molar-refractivity contribution < 1.29 is 9.84 Å². The molecule has 3 nitrogen and oxygen atoms in total. The molecule has 1 fully saturated rings. The van der Waals surface area contributed by atoms with Crippen LogP contribution in [0.2, 0.25) is 0 Å². The molecule has 13 heavy (non-hydrogen) atoms. The minimum Gasteiger partial charge on any atom is -0.389 e. The molecule has 1 atom stereocenters. The van der Waals surface area contributed by atoms with Gasteiger partial charge < -0.3 is 15.2 Å². The van der Waals surface area contributed by atoms with Crippen molar-refractivity contribution in [2.24, 2.45) is 5.92 Å². The molecule has 2 N–H and O–H groups in total. The molecule has 0 aromatic carbocycles. The van der Waals surface area contributed by atoms with Gasteiger partial charge in [-0.3, -0.25) is 0 Å². The molecule has 0 amide bonds. The number of hydrogen-bond acceptors (Lipinski definition) is 3. The van der Waals surface area contributed by atoms with Gasteiger partial charge in [-0.05, 0) is 18.9 Å². The molecule has 1 rings (SSSR count). The van der Waals surface area contributed by atoms with E-state index in [1.807, 2.05) is 6.92 Å². The normalized spacial score (nSPS) is 18.9. The first-order chi connectivity index (χ1) is 6.33. The molecule has 0 aromatic rings. The van der Waals surface area contributed by atoms with Crippen molar-refractivity contribution in [2.75, 3.05) is 26.3 Å². The van der Waals surface area contributed by atoms with Crippen LogP contribution in [-0.4, -0.2) is 37.5 Å². The quantitative estimate of drug-likeness (QED) is 0.552. The Morgan fingerprint density at radius 1 is 1.54 bits per heavy atom. The zero-order valence-corrected chi connectivity index (χ0v) is 8.46. The molecule has 0 aromatic heterocycles. The second kappa shape index (κ2) is 6.35. The second-order valence-corrected chi connectivity index (χ2v) is 3.77. The summed E-state index contributed by atoms with van der Waals surface area (Å²) in [6, 6.07) is 0. The molecule has 0 bridgehead atoms. The van der Waals surface area contributed by atoms with E-state index < -0.39 is 0 Å². The van der Waals surface area contributed by atoms with Crippen LogP contribution < -0.4 is 5.32 Å². The Balaban J connectivity index is 1.79. The largest absolute Gasteiger partial charge is 0.389 e. The highest BCUT2D eigenvalue weighted by molar-refractivity contribution is 4.72. The average Bonchev–Trinajstić information content (AvgIpc) is 2.92. The fraction of sp³-hybridized carbons (Fsp3) is 1.00. The fourth-order valence-corrected chi connectivity index (χ4v) is 1.25. The molecular formula is C10H21NO2. The lowest BCUT2D eigenvalue weighted by Crippen LogP contribution is -2.30. The Morgan fingerprint density at radius 2 is 2.31 bits per heavy atom. The number of hydrogen-bond donors (Lipinski definition) is 2. The summed E-state index contributed by atoms with van der Waals surface area (Å²) >= 11 is 0. The Kier molecular flexibility index (Phi) is 5.35. The van der Waals surface area contributed by atoms with Crippen molar-refractivity contribution in [1.29, 1.82) is 0 Å². The third-order valence-electron chi connectivity index (χ3n) is 2.31. The monoisotopic (exact) mass is 187 g/mol. The molecular weight excluding hydrogens is 166 g/mol. The van der Waals surface area contributed by atoms with Crippen molar-refractivity contribution >= 4 is 0 Å². The van der Waals surface area contributed by atoms with Crippen LogP contribution in [-0.2, 0) is 4.74 Å². The lowest BCUT2D eigenvalue weighted by molar-refractivity contribution is 0.0349. The summed E-state index contributed by atoms with van der Waals surface area (Å²) in [6.07, 6.45) is 3.58. The summed E-state index contributed by atoms with van der Waals surface area (Å²) in [5.41, 5.74) is 0. The number of rotatable bonds is 8. The highest BCUT2D eigenvalue weighted by atomic mass is 16.5. The number of nitrogens with one attached hydrogen (secondary N) is 1. The van der Waals surface area contributed by atoms with Crippen LogP contribution in [0.15, 0.2) is 0 Å². The Morgan fingerprint density at radius 3 is 2.92 bits per heavy atom. The van der Waals surface area contributed by atoms with Crippen LogP contribution in [0.1, 0.15) is 26.2 Å². The zero-order chi connectivity index (χ0) is 9.52. The van der Waals surface area contributed by atoms with E-state index in [4.69, 9.17) is 4.74 Å². The van der Waals surface area contributed by atoms with Gasteiger partial charge in [0.25, 0.3) is 0 Å². The average molecular weight is 187 g/mol. The minimum absolute atomic E-state index is 0.348. The molecule has 78 valence electrons. The maximum absolute atomic E-state index is 9.37. The molecule has 0 heterocycles. The molecule has 0 aliphatic heterocycles. The summed E-state index contributed by atoms with van der Waals surface area (Å²) in [6.45, 7) is 4.85. The summed E-state index contributed by atoms with van der Waals surface area (Å²) in [7, 11) is 0. The lowest BCUT2D eigenvalue weighted by Gasteiger charge is -2.11. The van der Waals surface area contributed by atoms with Gasteiger partial charge >= 0.3 is 0 Å². The van der Waals surface area contributed by atoms with E-state index in [1.54, 1.807) is 0 Å². The van der Waals surface area contributed by atoms with Crippen LogP contribution in [0.5, 0.6) is 0 Å².